The van der Waals surface area contributed by atoms with Gasteiger partial charge in [-0.1, -0.05) is 24.4 Å². The summed E-state index contributed by atoms with van der Waals surface area (Å²) in [4.78, 5) is 13.0. The molecule has 4 aliphatic rings. The predicted octanol–water partition coefficient (Wildman–Crippen LogP) is 5.02. The van der Waals surface area contributed by atoms with Crippen LogP contribution >= 0.6 is 11.6 Å². The Morgan fingerprint density at radius 3 is 2.41 bits per heavy atom. The van der Waals surface area contributed by atoms with Crippen LogP contribution in [0.2, 0.25) is 5.02 Å². The van der Waals surface area contributed by atoms with Crippen molar-refractivity contribution in [1.82, 2.24) is 0 Å². The number of fused-ring (bicyclic) bond motifs is 1. The van der Waals surface area contributed by atoms with Gasteiger partial charge in [0.15, 0.2) is 0 Å². The quantitative estimate of drug-likeness (QED) is 0.813. The molecule has 0 heterocycles. The van der Waals surface area contributed by atoms with E-state index >= 15 is 0 Å². The summed E-state index contributed by atoms with van der Waals surface area (Å²) >= 11 is 5.82. The lowest BCUT2D eigenvalue weighted by Crippen LogP contribution is -2.46. The van der Waals surface area contributed by atoms with Gasteiger partial charge in [0.1, 0.15) is 5.82 Å². The van der Waals surface area contributed by atoms with Gasteiger partial charge in [0.05, 0.1) is 10.4 Å². The van der Waals surface area contributed by atoms with E-state index in [9.17, 15) is 9.18 Å². The van der Waals surface area contributed by atoms with E-state index in [2.05, 4.69) is 5.32 Å². The first kappa shape index (κ1) is 14.5. The van der Waals surface area contributed by atoms with Crippen LogP contribution in [0.5, 0.6) is 0 Å². The van der Waals surface area contributed by atoms with E-state index in [1.807, 2.05) is 0 Å². The van der Waals surface area contributed by atoms with Crippen LogP contribution in [-0.4, -0.2) is 5.91 Å². The van der Waals surface area contributed by atoms with E-state index < -0.39 is 5.82 Å². The van der Waals surface area contributed by atoms with Crippen molar-refractivity contribution in [3.05, 3.63) is 29.0 Å². The fourth-order valence-electron chi connectivity index (χ4n) is 5.31. The molecule has 0 saturated heterocycles. The van der Waals surface area contributed by atoms with Gasteiger partial charge >= 0.3 is 0 Å². The zero-order valence-electron chi connectivity index (χ0n) is 12.6. The summed E-state index contributed by atoms with van der Waals surface area (Å²) in [7, 11) is 0. The summed E-state index contributed by atoms with van der Waals surface area (Å²) in [5.74, 6) is 1.83. The van der Waals surface area contributed by atoms with Crippen molar-refractivity contribution in [3.8, 4) is 0 Å². The van der Waals surface area contributed by atoms with Gasteiger partial charge in [-0.2, -0.15) is 0 Å². The summed E-state index contributed by atoms with van der Waals surface area (Å²) in [6.07, 6.45) is 8.29. The number of amides is 1. The van der Waals surface area contributed by atoms with E-state index in [-0.39, 0.29) is 16.3 Å². The van der Waals surface area contributed by atoms with Gasteiger partial charge in [-0.15, -0.1) is 0 Å². The Kier molecular flexibility index (Phi) is 3.44. The molecule has 0 aromatic heterocycles. The number of rotatable bonds is 2. The standard InChI is InChI=1S/C18H21ClFNO/c19-15-7-14(3-4-16(15)20)21-17(22)18-8-11-1-2-12(9-18)6-13(5-11)10-18/h3-4,7,11-13H,1-2,5-6,8-10H2,(H,21,22)/t11-,12+,13?,18?. The normalized spacial score (nSPS) is 36.2. The van der Waals surface area contributed by atoms with Crippen molar-refractivity contribution >= 4 is 23.2 Å². The molecule has 1 aromatic carbocycles. The Labute approximate surface area is 135 Å². The Morgan fingerprint density at radius 2 is 1.77 bits per heavy atom. The van der Waals surface area contributed by atoms with Crippen LogP contribution in [0, 0.1) is 29.0 Å². The largest absolute Gasteiger partial charge is 0.326 e. The summed E-state index contributed by atoms with van der Waals surface area (Å²) in [5, 5.41) is 3.06. The van der Waals surface area contributed by atoms with Crippen molar-refractivity contribution in [1.29, 1.82) is 0 Å². The van der Waals surface area contributed by atoms with Gasteiger partial charge in [0.2, 0.25) is 5.91 Å². The molecule has 2 nitrogen and oxygen atoms in total. The minimum atomic E-state index is -0.453. The SMILES string of the molecule is O=C(Nc1ccc(F)c(Cl)c1)C12CC3C[C@@H](CC[C@@H](C3)C1)C2. The topological polar surface area (TPSA) is 29.1 Å². The number of carbonyl (C=O) groups is 1. The number of benzene rings is 1. The second-order valence-electron chi connectivity index (χ2n) is 7.62. The highest BCUT2D eigenvalue weighted by Gasteiger charge is 2.52. The predicted molar refractivity (Wildman–Crippen MR) is 85.3 cm³/mol. The van der Waals surface area contributed by atoms with E-state index in [0.29, 0.717) is 17.5 Å². The third-order valence-electron chi connectivity index (χ3n) is 6.01. The number of hydrogen-bond acceptors (Lipinski definition) is 1. The first-order chi connectivity index (χ1) is 10.5. The van der Waals surface area contributed by atoms with Crippen molar-refractivity contribution in [2.75, 3.05) is 5.32 Å². The van der Waals surface area contributed by atoms with Crippen molar-refractivity contribution in [3.63, 3.8) is 0 Å². The summed E-state index contributed by atoms with van der Waals surface area (Å²) in [6, 6.07) is 4.40. The van der Waals surface area contributed by atoms with Crippen LogP contribution in [0.25, 0.3) is 0 Å². The molecule has 2 unspecified atom stereocenters. The second-order valence-corrected chi connectivity index (χ2v) is 8.03. The molecule has 1 N–H and O–H groups in total. The molecule has 5 rings (SSSR count). The van der Waals surface area contributed by atoms with Crippen LogP contribution in [0.4, 0.5) is 10.1 Å². The molecule has 4 bridgehead atoms. The average Bonchev–Trinajstić information content (AvgIpc) is 2.69. The maximum Gasteiger partial charge on any atom is 0.230 e. The molecule has 1 amide bonds. The first-order valence-corrected chi connectivity index (χ1v) is 8.68. The second kappa shape index (κ2) is 5.23. The van der Waals surface area contributed by atoms with Gasteiger partial charge < -0.3 is 5.32 Å². The van der Waals surface area contributed by atoms with E-state index in [1.54, 1.807) is 6.07 Å². The molecule has 4 heteroatoms. The van der Waals surface area contributed by atoms with Crippen LogP contribution in [0.1, 0.15) is 44.9 Å². The van der Waals surface area contributed by atoms with Crippen LogP contribution < -0.4 is 5.32 Å². The lowest BCUT2D eigenvalue weighted by Gasteiger charge is -2.47. The smallest absolute Gasteiger partial charge is 0.230 e. The van der Waals surface area contributed by atoms with Crippen LogP contribution in [0.15, 0.2) is 18.2 Å². The molecule has 0 radical (unpaired) electrons. The number of carbonyl (C=O) groups excluding carboxylic acids is 1. The molecule has 0 spiro atoms. The van der Waals surface area contributed by atoms with E-state index in [0.717, 1.165) is 25.2 Å². The van der Waals surface area contributed by atoms with Gasteiger partial charge in [0.25, 0.3) is 0 Å². The molecule has 4 fully saturated rings. The Bertz CT molecular complexity index is 601. The first-order valence-electron chi connectivity index (χ1n) is 8.31. The Balaban J connectivity index is 1.58. The highest BCUT2D eigenvalue weighted by Crippen LogP contribution is 2.58. The minimum absolute atomic E-state index is 0.0561. The van der Waals surface area contributed by atoms with Crippen molar-refractivity contribution in [2.45, 2.75) is 44.9 Å². The van der Waals surface area contributed by atoms with Gasteiger partial charge in [-0.25, -0.2) is 4.39 Å². The minimum Gasteiger partial charge on any atom is -0.326 e. The molecule has 0 aliphatic heterocycles. The maximum absolute atomic E-state index is 13.3. The van der Waals surface area contributed by atoms with E-state index in [1.165, 1.54) is 37.8 Å². The molecular formula is C18H21ClFNO. The molecule has 4 atom stereocenters. The zero-order valence-corrected chi connectivity index (χ0v) is 13.3. The molecule has 4 saturated carbocycles. The maximum atomic E-state index is 13.3. The molecule has 118 valence electrons. The van der Waals surface area contributed by atoms with Crippen LogP contribution in [0.3, 0.4) is 0 Å². The summed E-state index contributed by atoms with van der Waals surface area (Å²) in [5.41, 5.74) is 0.402. The lowest BCUT2D eigenvalue weighted by atomic mass is 9.58. The summed E-state index contributed by atoms with van der Waals surface area (Å²) < 4.78 is 13.3. The van der Waals surface area contributed by atoms with E-state index in [4.69, 9.17) is 11.6 Å². The lowest BCUT2D eigenvalue weighted by molar-refractivity contribution is -0.132. The number of hydrogen-bond donors (Lipinski definition) is 1. The Morgan fingerprint density at radius 1 is 1.14 bits per heavy atom. The van der Waals surface area contributed by atoms with Crippen LogP contribution in [-0.2, 0) is 4.79 Å². The zero-order chi connectivity index (χ0) is 15.3. The fourth-order valence-corrected chi connectivity index (χ4v) is 5.49. The number of nitrogens with one attached hydrogen (secondary N) is 1. The molecule has 4 aliphatic carbocycles. The third kappa shape index (κ3) is 2.44. The third-order valence-corrected chi connectivity index (χ3v) is 6.30. The Hall–Kier alpha value is -1.09. The number of halogens is 2. The highest BCUT2D eigenvalue weighted by atomic mass is 35.5. The molecule has 22 heavy (non-hydrogen) atoms. The van der Waals surface area contributed by atoms with Crippen molar-refractivity contribution in [2.24, 2.45) is 23.2 Å². The highest BCUT2D eigenvalue weighted by molar-refractivity contribution is 6.31. The monoisotopic (exact) mass is 321 g/mol. The number of anilines is 1. The fraction of sp³-hybridized carbons (Fsp3) is 0.611. The molecular weight excluding hydrogens is 301 g/mol. The van der Waals surface area contributed by atoms with Gasteiger partial charge in [0, 0.05) is 5.69 Å². The molecule has 1 aromatic rings. The van der Waals surface area contributed by atoms with Crippen molar-refractivity contribution < 1.29 is 9.18 Å². The van der Waals surface area contributed by atoms with Gasteiger partial charge in [-0.3, -0.25) is 4.79 Å². The average molecular weight is 322 g/mol. The van der Waals surface area contributed by atoms with Gasteiger partial charge in [-0.05, 0) is 68.1 Å². The summed E-state index contributed by atoms with van der Waals surface area (Å²) in [6.45, 7) is 0.